The number of nitro groups is 1. The van der Waals surface area contributed by atoms with Gasteiger partial charge in [0.1, 0.15) is 0 Å². The minimum absolute atomic E-state index is 0.0439. The topological polar surface area (TPSA) is 112 Å². The van der Waals surface area contributed by atoms with Crippen LogP contribution in [0.1, 0.15) is 6.42 Å². The summed E-state index contributed by atoms with van der Waals surface area (Å²) in [5, 5.41) is 11.4. The van der Waals surface area contributed by atoms with E-state index in [9.17, 15) is 14.9 Å². The fourth-order valence-electron chi connectivity index (χ4n) is 1.89. The van der Waals surface area contributed by atoms with Crippen LogP contribution < -0.4 is 11.4 Å². The van der Waals surface area contributed by atoms with Crippen molar-refractivity contribution in [1.82, 2.24) is 10.2 Å². The Balaban J connectivity index is 2.24. The third-order valence-corrected chi connectivity index (χ3v) is 2.72. The molecule has 2 rings (SSSR count). The zero-order chi connectivity index (χ0) is 13.8. The summed E-state index contributed by atoms with van der Waals surface area (Å²) in [4.78, 5) is 26.0. The number of benzene rings is 1. The van der Waals surface area contributed by atoms with Crippen LogP contribution in [0.2, 0.25) is 0 Å². The van der Waals surface area contributed by atoms with Crippen molar-refractivity contribution < 1.29 is 14.6 Å². The van der Waals surface area contributed by atoms with Gasteiger partial charge in [0.2, 0.25) is 0 Å². The summed E-state index contributed by atoms with van der Waals surface area (Å²) in [6.07, 6.45) is 1.80. The van der Waals surface area contributed by atoms with Gasteiger partial charge in [-0.05, 0) is 12.1 Å². The number of rotatable bonds is 5. The van der Waals surface area contributed by atoms with Gasteiger partial charge < -0.3 is 9.40 Å². The van der Waals surface area contributed by atoms with Crippen LogP contribution >= 0.6 is 0 Å². The number of nitrogens with one attached hydrogen (secondary N) is 1. The first-order valence-electron chi connectivity index (χ1n) is 5.51. The highest BCUT2D eigenvalue weighted by Crippen LogP contribution is 2.26. The molecule has 1 aromatic heterocycles. The smallest absolute Gasteiger partial charge is 0.328 e. The second-order valence-corrected chi connectivity index (χ2v) is 3.82. The zero-order valence-corrected chi connectivity index (χ0v) is 9.91. The maximum absolute atomic E-state index is 11.2. The summed E-state index contributed by atoms with van der Waals surface area (Å²) in [7, 11) is 0. The normalized spacial score (nSPS) is 10.6. The van der Waals surface area contributed by atoms with E-state index < -0.39 is 10.9 Å². The lowest BCUT2D eigenvalue weighted by molar-refractivity contribution is -0.383. The van der Waals surface area contributed by atoms with E-state index in [-0.39, 0.29) is 12.1 Å². The molecule has 8 nitrogen and oxygen atoms in total. The van der Waals surface area contributed by atoms with Gasteiger partial charge in [0.15, 0.2) is 0 Å². The first-order chi connectivity index (χ1) is 9.13. The van der Waals surface area contributed by atoms with Gasteiger partial charge in [0.05, 0.1) is 22.2 Å². The Morgan fingerprint density at radius 3 is 2.95 bits per heavy atom. The fourth-order valence-corrected chi connectivity index (χ4v) is 1.89. The average molecular weight is 264 g/mol. The number of aryl methyl sites for hydroxylation is 1. The standard InChI is InChI=1S/C11H12N4O4/c12-13-19-11(16)5-7-14-6-4-8-9(14)2-1-3-10(8)15(17)18/h1-4,6,13H,5,7,12H2. The maximum atomic E-state index is 11.2. The largest absolute Gasteiger partial charge is 0.356 e. The third-order valence-electron chi connectivity index (χ3n) is 2.72. The third kappa shape index (κ3) is 2.69. The predicted octanol–water partition coefficient (Wildman–Crippen LogP) is 0.861. The van der Waals surface area contributed by atoms with Gasteiger partial charge in [-0.3, -0.25) is 14.9 Å². The molecule has 2 aromatic rings. The molecule has 8 heteroatoms. The minimum atomic E-state index is -0.505. The van der Waals surface area contributed by atoms with Crippen LogP contribution in [-0.2, 0) is 16.2 Å². The molecule has 19 heavy (non-hydrogen) atoms. The number of hydrazine groups is 1. The summed E-state index contributed by atoms with van der Waals surface area (Å²) in [5.74, 6) is 4.34. The van der Waals surface area contributed by atoms with Gasteiger partial charge in [0, 0.05) is 18.8 Å². The van der Waals surface area contributed by atoms with E-state index in [1.165, 1.54) is 6.07 Å². The molecule has 0 fully saturated rings. The van der Waals surface area contributed by atoms with Crippen LogP contribution in [-0.4, -0.2) is 15.5 Å². The lowest BCUT2D eigenvalue weighted by atomic mass is 10.2. The van der Waals surface area contributed by atoms with Gasteiger partial charge in [-0.1, -0.05) is 11.7 Å². The molecule has 0 aliphatic rings. The maximum Gasteiger partial charge on any atom is 0.328 e. The molecule has 3 N–H and O–H groups in total. The van der Waals surface area contributed by atoms with Crippen molar-refractivity contribution in [2.75, 3.05) is 0 Å². The average Bonchev–Trinajstić information content (AvgIpc) is 2.79. The van der Waals surface area contributed by atoms with Gasteiger partial charge in [-0.2, -0.15) is 0 Å². The van der Waals surface area contributed by atoms with Crippen molar-refractivity contribution in [3.63, 3.8) is 0 Å². The summed E-state index contributed by atoms with van der Waals surface area (Å²) in [5.41, 5.74) is 2.55. The van der Waals surface area contributed by atoms with E-state index in [0.29, 0.717) is 17.4 Å². The monoisotopic (exact) mass is 264 g/mol. The van der Waals surface area contributed by atoms with Crippen molar-refractivity contribution in [3.8, 4) is 0 Å². The van der Waals surface area contributed by atoms with E-state index in [4.69, 9.17) is 5.84 Å². The van der Waals surface area contributed by atoms with Crippen molar-refractivity contribution >= 4 is 22.6 Å². The highest BCUT2D eigenvalue weighted by molar-refractivity contribution is 5.89. The molecule has 0 unspecified atom stereocenters. The Bertz CT molecular complexity index is 622. The molecule has 0 aliphatic carbocycles. The number of hydrogen-bond donors (Lipinski definition) is 2. The zero-order valence-electron chi connectivity index (χ0n) is 9.91. The number of nitrogens with zero attached hydrogens (tertiary/aromatic N) is 2. The first-order valence-corrected chi connectivity index (χ1v) is 5.51. The van der Waals surface area contributed by atoms with Gasteiger partial charge in [0.25, 0.3) is 5.69 Å². The minimum Gasteiger partial charge on any atom is -0.356 e. The number of nitrogens with two attached hydrogens (primary N) is 1. The van der Waals surface area contributed by atoms with Crippen LogP contribution in [0, 0.1) is 10.1 Å². The number of nitro benzene ring substituents is 1. The molecule has 0 aliphatic heterocycles. The van der Waals surface area contributed by atoms with E-state index >= 15 is 0 Å². The lowest BCUT2D eigenvalue weighted by Gasteiger charge is -2.05. The Morgan fingerprint density at radius 1 is 1.47 bits per heavy atom. The second-order valence-electron chi connectivity index (χ2n) is 3.82. The summed E-state index contributed by atoms with van der Waals surface area (Å²) in [6.45, 7) is 0.352. The highest BCUT2D eigenvalue weighted by atomic mass is 16.7. The van der Waals surface area contributed by atoms with Crippen molar-refractivity contribution in [2.45, 2.75) is 13.0 Å². The van der Waals surface area contributed by atoms with Crippen LogP contribution in [0.4, 0.5) is 5.69 Å². The van der Waals surface area contributed by atoms with Crippen molar-refractivity contribution in [1.29, 1.82) is 0 Å². The molecular formula is C11H12N4O4. The quantitative estimate of drug-likeness (QED) is 0.470. The number of fused-ring (bicyclic) bond motifs is 1. The van der Waals surface area contributed by atoms with E-state index in [1.54, 1.807) is 29.0 Å². The van der Waals surface area contributed by atoms with E-state index in [2.05, 4.69) is 4.84 Å². The van der Waals surface area contributed by atoms with Crippen molar-refractivity contribution in [3.05, 3.63) is 40.6 Å². The summed E-state index contributed by atoms with van der Waals surface area (Å²) < 4.78 is 1.75. The number of carbonyl (C=O) groups is 1. The second kappa shape index (κ2) is 5.46. The highest BCUT2D eigenvalue weighted by Gasteiger charge is 2.14. The molecule has 0 bridgehead atoms. The molecule has 0 saturated carbocycles. The molecule has 0 spiro atoms. The number of hydrogen-bond acceptors (Lipinski definition) is 6. The van der Waals surface area contributed by atoms with Crippen LogP contribution in [0.3, 0.4) is 0 Å². The van der Waals surface area contributed by atoms with Gasteiger partial charge in [-0.25, -0.2) is 5.84 Å². The molecular weight excluding hydrogens is 252 g/mol. The van der Waals surface area contributed by atoms with Gasteiger partial charge in [-0.15, -0.1) is 0 Å². The summed E-state index contributed by atoms with van der Waals surface area (Å²) in [6, 6.07) is 6.46. The Labute approximate surface area is 107 Å². The van der Waals surface area contributed by atoms with Crippen molar-refractivity contribution in [2.24, 2.45) is 5.84 Å². The Kier molecular flexibility index (Phi) is 3.74. The Hall–Kier alpha value is -2.45. The van der Waals surface area contributed by atoms with Crippen LogP contribution in [0.5, 0.6) is 0 Å². The number of carbonyl (C=O) groups excluding carboxylic acids is 1. The summed E-state index contributed by atoms with van der Waals surface area (Å²) >= 11 is 0. The first kappa shape index (κ1) is 13.0. The van der Waals surface area contributed by atoms with Crippen LogP contribution in [0.25, 0.3) is 10.9 Å². The van der Waals surface area contributed by atoms with E-state index in [1.807, 2.05) is 5.59 Å². The van der Waals surface area contributed by atoms with Gasteiger partial charge >= 0.3 is 5.97 Å². The SMILES string of the molecule is NNOC(=O)CCn1ccc2c([N+](=O)[O-])cccc21. The molecule has 0 atom stereocenters. The molecule has 0 radical (unpaired) electrons. The molecule has 0 amide bonds. The van der Waals surface area contributed by atoms with Crippen LogP contribution in [0.15, 0.2) is 30.5 Å². The molecule has 1 aromatic carbocycles. The fraction of sp³-hybridized carbons (Fsp3) is 0.182. The van der Waals surface area contributed by atoms with E-state index in [0.717, 1.165) is 0 Å². The Morgan fingerprint density at radius 2 is 2.26 bits per heavy atom. The molecule has 100 valence electrons. The molecule has 0 saturated heterocycles. The predicted molar refractivity (Wildman–Crippen MR) is 66.6 cm³/mol. The number of non-ortho nitro benzene ring substituents is 1. The lowest BCUT2D eigenvalue weighted by Crippen LogP contribution is -2.26. The number of aromatic nitrogens is 1. The molecule has 1 heterocycles.